The third-order valence-electron chi connectivity index (χ3n) is 1.76. The standard InChI is InChI=1S/C10H9N3S/c1-7(11)14-10-8-4-2-3-5-9(8)12-6-13-10/h2-6,11H,1H3. The van der Waals surface area contributed by atoms with Crippen LogP contribution in [-0.2, 0) is 0 Å². The van der Waals surface area contributed by atoms with Crippen LogP contribution in [0.15, 0.2) is 35.6 Å². The molecule has 4 heteroatoms. The summed E-state index contributed by atoms with van der Waals surface area (Å²) in [6, 6.07) is 7.82. The molecule has 0 spiro atoms. The SMILES string of the molecule is CC(=N)Sc1ncnc2ccccc12. The van der Waals surface area contributed by atoms with Gasteiger partial charge in [-0.15, -0.1) is 0 Å². The van der Waals surface area contributed by atoms with Crippen molar-refractivity contribution >= 4 is 27.7 Å². The lowest BCUT2D eigenvalue weighted by Gasteiger charge is -2.01. The van der Waals surface area contributed by atoms with E-state index in [0.29, 0.717) is 5.04 Å². The summed E-state index contributed by atoms with van der Waals surface area (Å²) in [6.07, 6.45) is 1.54. The molecule has 0 atom stereocenters. The molecule has 2 rings (SSSR count). The monoisotopic (exact) mass is 203 g/mol. The van der Waals surface area contributed by atoms with Gasteiger partial charge in [0.05, 0.1) is 10.6 Å². The zero-order valence-electron chi connectivity index (χ0n) is 7.69. The first-order chi connectivity index (χ1) is 6.77. The van der Waals surface area contributed by atoms with Gasteiger partial charge in [-0.2, -0.15) is 0 Å². The molecule has 0 aliphatic rings. The molecular weight excluding hydrogens is 194 g/mol. The molecule has 1 N–H and O–H groups in total. The Kier molecular flexibility index (Phi) is 2.45. The minimum atomic E-state index is 0.536. The minimum Gasteiger partial charge on any atom is -0.298 e. The third kappa shape index (κ3) is 1.75. The van der Waals surface area contributed by atoms with E-state index in [9.17, 15) is 0 Å². The molecule has 0 bridgehead atoms. The number of para-hydroxylation sites is 1. The number of nitrogens with zero attached hydrogens (tertiary/aromatic N) is 2. The van der Waals surface area contributed by atoms with E-state index in [1.165, 1.54) is 18.1 Å². The molecule has 0 amide bonds. The van der Waals surface area contributed by atoms with E-state index in [-0.39, 0.29) is 0 Å². The van der Waals surface area contributed by atoms with Gasteiger partial charge in [-0.05, 0) is 13.0 Å². The van der Waals surface area contributed by atoms with E-state index in [1.54, 1.807) is 6.92 Å². The molecule has 1 heterocycles. The summed E-state index contributed by atoms with van der Waals surface area (Å²) in [5, 5.41) is 9.80. The predicted octanol–water partition coefficient (Wildman–Crippen LogP) is 2.72. The van der Waals surface area contributed by atoms with Gasteiger partial charge in [-0.1, -0.05) is 30.0 Å². The lowest BCUT2D eigenvalue weighted by Crippen LogP contribution is -1.88. The summed E-state index contributed by atoms with van der Waals surface area (Å²) in [4.78, 5) is 8.31. The molecule has 70 valence electrons. The van der Waals surface area contributed by atoms with Crippen LogP contribution in [0, 0.1) is 5.41 Å². The van der Waals surface area contributed by atoms with Gasteiger partial charge < -0.3 is 0 Å². The van der Waals surface area contributed by atoms with Gasteiger partial charge >= 0.3 is 0 Å². The van der Waals surface area contributed by atoms with Gasteiger partial charge in [0.25, 0.3) is 0 Å². The lowest BCUT2D eigenvalue weighted by atomic mass is 10.2. The maximum atomic E-state index is 7.41. The lowest BCUT2D eigenvalue weighted by molar-refractivity contribution is 1.10. The van der Waals surface area contributed by atoms with Gasteiger partial charge in [0.2, 0.25) is 0 Å². The van der Waals surface area contributed by atoms with E-state index in [4.69, 9.17) is 5.41 Å². The molecule has 0 unspecified atom stereocenters. The van der Waals surface area contributed by atoms with Crippen molar-refractivity contribution in [3.8, 4) is 0 Å². The Labute approximate surface area is 86.1 Å². The van der Waals surface area contributed by atoms with Crippen molar-refractivity contribution < 1.29 is 0 Å². The molecule has 0 aliphatic heterocycles. The van der Waals surface area contributed by atoms with Crippen LogP contribution in [-0.4, -0.2) is 15.0 Å². The van der Waals surface area contributed by atoms with E-state index in [2.05, 4.69) is 9.97 Å². The molecular formula is C10H9N3S. The van der Waals surface area contributed by atoms with Crippen molar-refractivity contribution in [1.82, 2.24) is 9.97 Å². The Morgan fingerprint density at radius 1 is 1.29 bits per heavy atom. The van der Waals surface area contributed by atoms with Crippen LogP contribution in [0.25, 0.3) is 10.9 Å². The number of hydrogen-bond acceptors (Lipinski definition) is 4. The van der Waals surface area contributed by atoms with E-state index in [0.717, 1.165) is 15.9 Å². The molecule has 1 aromatic heterocycles. The predicted molar refractivity (Wildman–Crippen MR) is 58.8 cm³/mol. The summed E-state index contributed by atoms with van der Waals surface area (Å²) in [7, 11) is 0. The summed E-state index contributed by atoms with van der Waals surface area (Å²) >= 11 is 1.36. The first-order valence-corrected chi connectivity index (χ1v) is 5.02. The van der Waals surface area contributed by atoms with Crippen molar-refractivity contribution in [2.24, 2.45) is 0 Å². The molecule has 3 nitrogen and oxygen atoms in total. The number of thioether (sulfide) groups is 1. The fourth-order valence-electron chi connectivity index (χ4n) is 1.21. The number of rotatable bonds is 1. The maximum Gasteiger partial charge on any atom is 0.117 e. The summed E-state index contributed by atoms with van der Waals surface area (Å²) in [6.45, 7) is 1.75. The highest BCUT2D eigenvalue weighted by Crippen LogP contribution is 2.24. The zero-order chi connectivity index (χ0) is 9.97. The highest BCUT2D eigenvalue weighted by atomic mass is 32.2. The Balaban J connectivity index is 2.59. The largest absolute Gasteiger partial charge is 0.298 e. The zero-order valence-corrected chi connectivity index (χ0v) is 8.51. The van der Waals surface area contributed by atoms with Crippen molar-refractivity contribution in [3.05, 3.63) is 30.6 Å². The van der Waals surface area contributed by atoms with Gasteiger partial charge in [-0.3, -0.25) is 5.41 Å². The second-order valence-electron chi connectivity index (χ2n) is 2.85. The average Bonchev–Trinajstić information content (AvgIpc) is 2.18. The summed E-state index contributed by atoms with van der Waals surface area (Å²) in [5.41, 5.74) is 0.922. The Morgan fingerprint density at radius 2 is 2.07 bits per heavy atom. The van der Waals surface area contributed by atoms with Crippen LogP contribution in [0.3, 0.4) is 0 Å². The smallest absolute Gasteiger partial charge is 0.117 e. The highest BCUT2D eigenvalue weighted by molar-refractivity contribution is 8.13. The first kappa shape index (κ1) is 9.15. The molecule has 0 aliphatic carbocycles. The molecule has 1 aromatic carbocycles. The average molecular weight is 203 g/mol. The Morgan fingerprint density at radius 3 is 2.86 bits per heavy atom. The maximum absolute atomic E-state index is 7.41. The number of nitrogens with one attached hydrogen (secondary N) is 1. The van der Waals surface area contributed by atoms with Crippen LogP contribution >= 0.6 is 11.8 Å². The highest BCUT2D eigenvalue weighted by Gasteiger charge is 2.03. The van der Waals surface area contributed by atoms with Crippen molar-refractivity contribution in [3.63, 3.8) is 0 Å². The first-order valence-electron chi connectivity index (χ1n) is 4.20. The molecule has 14 heavy (non-hydrogen) atoms. The second kappa shape index (κ2) is 3.75. The normalized spacial score (nSPS) is 10.4. The molecule has 0 saturated heterocycles. The van der Waals surface area contributed by atoms with Crippen LogP contribution in [0.5, 0.6) is 0 Å². The van der Waals surface area contributed by atoms with Gasteiger partial charge in [0.1, 0.15) is 11.4 Å². The molecule has 0 saturated carbocycles. The summed E-state index contributed by atoms with van der Waals surface area (Å²) < 4.78 is 0. The van der Waals surface area contributed by atoms with Gasteiger partial charge in [0, 0.05) is 5.39 Å². The van der Waals surface area contributed by atoms with Crippen molar-refractivity contribution in [2.75, 3.05) is 0 Å². The fraction of sp³-hybridized carbons (Fsp3) is 0.100. The topological polar surface area (TPSA) is 49.6 Å². The Hall–Kier alpha value is -1.42. The quantitative estimate of drug-likeness (QED) is 0.335. The fourth-order valence-corrected chi connectivity index (χ4v) is 1.88. The van der Waals surface area contributed by atoms with Crippen molar-refractivity contribution in [2.45, 2.75) is 11.9 Å². The van der Waals surface area contributed by atoms with Gasteiger partial charge in [-0.25, -0.2) is 9.97 Å². The van der Waals surface area contributed by atoms with Crippen LogP contribution in [0.1, 0.15) is 6.92 Å². The van der Waals surface area contributed by atoms with Crippen LogP contribution < -0.4 is 0 Å². The van der Waals surface area contributed by atoms with Gasteiger partial charge in [0.15, 0.2) is 0 Å². The van der Waals surface area contributed by atoms with E-state index in [1.807, 2.05) is 24.3 Å². The number of fused-ring (bicyclic) bond motifs is 1. The minimum absolute atomic E-state index is 0.536. The molecule has 0 fully saturated rings. The Bertz CT molecular complexity index is 476. The summed E-state index contributed by atoms with van der Waals surface area (Å²) in [5.74, 6) is 0. The molecule has 0 radical (unpaired) electrons. The second-order valence-corrected chi connectivity index (χ2v) is 4.06. The van der Waals surface area contributed by atoms with Crippen LogP contribution in [0.2, 0.25) is 0 Å². The van der Waals surface area contributed by atoms with Crippen molar-refractivity contribution in [1.29, 1.82) is 5.41 Å². The number of aromatic nitrogens is 2. The van der Waals surface area contributed by atoms with Crippen LogP contribution in [0.4, 0.5) is 0 Å². The van der Waals surface area contributed by atoms with E-state index >= 15 is 0 Å². The third-order valence-corrected chi connectivity index (χ3v) is 2.58. The number of benzene rings is 1. The number of hydrogen-bond donors (Lipinski definition) is 1. The van der Waals surface area contributed by atoms with E-state index < -0.39 is 0 Å². The molecule has 2 aromatic rings.